The fourth-order valence-corrected chi connectivity index (χ4v) is 0.542. The number of rotatable bonds is 3. The molecular formula is C7H13BrO3. The first-order valence-electron chi connectivity index (χ1n) is 3.30. The van der Waals surface area contributed by atoms with Crippen molar-refractivity contribution in [3.05, 3.63) is 0 Å². The molecule has 0 aromatic heterocycles. The summed E-state index contributed by atoms with van der Waals surface area (Å²) in [6.45, 7) is 5.04. The molecule has 3 nitrogen and oxygen atoms in total. The molecule has 0 N–H and O–H groups in total. The molecule has 0 unspecified atom stereocenters. The lowest BCUT2D eigenvalue weighted by atomic mass is 10.1. The second-order valence-electron chi connectivity index (χ2n) is 2.66. The maximum Gasteiger partial charge on any atom is 0.338 e. The molecule has 0 saturated carbocycles. The van der Waals surface area contributed by atoms with Gasteiger partial charge in [0.05, 0.1) is 0 Å². The third-order valence-corrected chi connectivity index (χ3v) is 1.46. The maximum atomic E-state index is 11.1. The van der Waals surface area contributed by atoms with Crippen LogP contribution in [0.2, 0.25) is 0 Å². The summed E-state index contributed by atoms with van der Waals surface area (Å²) in [6, 6.07) is 0. The topological polar surface area (TPSA) is 35.5 Å². The van der Waals surface area contributed by atoms with Crippen molar-refractivity contribution < 1.29 is 14.3 Å². The molecule has 0 bridgehead atoms. The summed E-state index contributed by atoms with van der Waals surface area (Å²) in [6.07, 6.45) is 0. The molecule has 1 atom stereocenters. The quantitative estimate of drug-likeness (QED) is 0.541. The second kappa shape index (κ2) is 4.07. The highest BCUT2D eigenvalue weighted by Gasteiger charge is 2.29. The third kappa shape index (κ3) is 3.72. The Morgan fingerprint density at radius 2 is 2.00 bits per heavy atom. The summed E-state index contributed by atoms with van der Waals surface area (Å²) >= 11 is 3.10. The van der Waals surface area contributed by atoms with Gasteiger partial charge in [0.2, 0.25) is 0 Å². The fourth-order valence-electron chi connectivity index (χ4n) is 0.373. The monoisotopic (exact) mass is 224 g/mol. The maximum absolute atomic E-state index is 11.1. The van der Waals surface area contributed by atoms with Gasteiger partial charge < -0.3 is 9.47 Å². The molecule has 66 valence electrons. The molecule has 0 aromatic rings. The first-order valence-corrected chi connectivity index (χ1v) is 4.22. The molecule has 0 aliphatic carbocycles. The Balaban J connectivity index is 4.02. The minimum absolute atomic E-state index is 0.274. The van der Waals surface area contributed by atoms with E-state index in [9.17, 15) is 4.79 Å². The predicted molar refractivity (Wildman–Crippen MR) is 45.6 cm³/mol. The minimum Gasteiger partial charge on any atom is -0.449 e. The van der Waals surface area contributed by atoms with Crippen molar-refractivity contribution in [1.82, 2.24) is 0 Å². The zero-order chi connectivity index (χ0) is 9.07. The second-order valence-corrected chi connectivity index (χ2v) is 3.95. The van der Waals surface area contributed by atoms with Gasteiger partial charge in [-0.1, -0.05) is 0 Å². The largest absolute Gasteiger partial charge is 0.449 e. The Morgan fingerprint density at radius 1 is 1.55 bits per heavy atom. The summed E-state index contributed by atoms with van der Waals surface area (Å²) in [5, 5.41) is -0.274. The zero-order valence-corrected chi connectivity index (χ0v) is 8.77. The third-order valence-electron chi connectivity index (χ3n) is 1.27. The van der Waals surface area contributed by atoms with Gasteiger partial charge in [-0.3, -0.25) is 0 Å². The average molecular weight is 225 g/mol. The SMILES string of the molecule is COC(C)(C)C(=O)O[C@H](C)Br. The van der Waals surface area contributed by atoms with Crippen LogP contribution in [0.4, 0.5) is 0 Å². The molecule has 0 rings (SSSR count). The van der Waals surface area contributed by atoms with Gasteiger partial charge in [0, 0.05) is 7.11 Å². The fraction of sp³-hybridized carbons (Fsp3) is 0.857. The van der Waals surface area contributed by atoms with E-state index in [-0.39, 0.29) is 11.0 Å². The molecule has 11 heavy (non-hydrogen) atoms. The summed E-state index contributed by atoms with van der Waals surface area (Å²) in [4.78, 5) is 11.1. The van der Waals surface area contributed by atoms with Crippen molar-refractivity contribution in [2.45, 2.75) is 31.4 Å². The summed E-state index contributed by atoms with van der Waals surface area (Å²) < 4.78 is 9.76. The van der Waals surface area contributed by atoms with Crippen LogP contribution in [0.3, 0.4) is 0 Å². The van der Waals surface area contributed by atoms with E-state index in [1.165, 1.54) is 7.11 Å². The molecule has 0 amide bonds. The lowest BCUT2D eigenvalue weighted by molar-refractivity contribution is -0.165. The highest BCUT2D eigenvalue weighted by Crippen LogP contribution is 2.12. The van der Waals surface area contributed by atoms with Crippen molar-refractivity contribution in [2.75, 3.05) is 7.11 Å². The van der Waals surface area contributed by atoms with Gasteiger partial charge in [-0.25, -0.2) is 4.79 Å². The van der Waals surface area contributed by atoms with Crippen LogP contribution < -0.4 is 0 Å². The molecule has 0 aliphatic heterocycles. The van der Waals surface area contributed by atoms with E-state index in [0.29, 0.717) is 0 Å². The lowest BCUT2D eigenvalue weighted by Crippen LogP contribution is -2.36. The molecular weight excluding hydrogens is 212 g/mol. The van der Waals surface area contributed by atoms with Crippen LogP contribution in [0, 0.1) is 0 Å². The van der Waals surface area contributed by atoms with Crippen LogP contribution in [-0.2, 0) is 14.3 Å². The van der Waals surface area contributed by atoms with Crippen LogP contribution in [0.15, 0.2) is 0 Å². The Kier molecular flexibility index (Phi) is 4.03. The van der Waals surface area contributed by atoms with Gasteiger partial charge in [-0.15, -0.1) is 0 Å². The predicted octanol–water partition coefficient (Wildman–Crippen LogP) is 1.70. The van der Waals surface area contributed by atoms with Gasteiger partial charge in [-0.05, 0) is 36.7 Å². The molecule has 0 radical (unpaired) electrons. The highest BCUT2D eigenvalue weighted by atomic mass is 79.9. The number of hydrogen-bond donors (Lipinski definition) is 0. The zero-order valence-electron chi connectivity index (χ0n) is 7.18. The van der Waals surface area contributed by atoms with E-state index in [1.807, 2.05) is 0 Å². The van der Waals surface area contributed by atoms with Gasteiger partial charge in [0.25, 0.3) is 0 Å². The first kappa shape index (κ1) is 10.9. The Labute approximate surface area is 75.2 Å². The molecule has 0 aliphatic rings. The standard InChI is InChI=1S/C7H13BrO3/c1-5(8)11-6(9)7(2,3)10-4/h5H,1-4H3/t5-/m1/s1. The van der Waals surface area contributed by atoms with E-state index in [2.05, 4.69) is 15.9 Å². The summed E-state index contributed by atoms with van der Waals surface area (Å²) in [5.74, 6) is -0.371. The molecule has 0 aromatic carbocycles. The van der Waals surface area contributed by atoms with Gasteiger partial charge >= 0.3 is 5.97 Å². The Morgan fingerprint density at radius 3 is 2.27 bits per heavy atom. The van der Waals surface area contributed by atoms with Crippen molar-refractivity contribution in [1.29, 1.82) is 0 Å². The van der Waals surface area contributed by atoms with Crippen molar-refractivity contribution in [2.24, 2.45) is 0 Å². The number of carbonyl (C=O) groups is 1. The number of ether oxygens (including phenoxy) is 2. The number of alkyl halides is 1. The first-order chi connectivity index (χ1) is 4.90. The molecule has 0 fully saturated rings. The van der Waals surface area contributed by atoms with Gasteiger partial charge in [-0.2, -0.15) is 0 Å². The van der Waals surface area contributed by atoms with Crippen LogP contribution in [0.25, 0.3) is 0 Å². The summed E-state index contributed by atoms with van der Waals surface area (Å²) in [5.41, 5.74) is -0.859. The van der Waals surface area contributed by atoms with E-state index in [4.69, 9.17) is 9.47 Å². The number of esters is 1. The Bertz CT molecular complexity index is 143. The number of hydrogen-bond acceptors (Lipinski definition) is 3. The van der Waals surface area contributed by atoms with Crippen molar-refractivity contribution in [3.63, 3.8) is 0 Å². The molecule has 4 heteroatoms. The highest BCUT2D eigenvalue weighted by molar-refractivity contribution is 9.09. The van der Waals surface area contributed by atoms with Crippen molar-refractivity contribution in [3.8, 4) is 0 Å². The average Bonchev–Trinajstić information content (AvgIpc) is 1.86. The van der Waals surface area contributed by atoms with E-state index < -0.39 is 5.60 Å². The van der Waals surface area contributed by atoms with Crippen LogP contribution in [-0.4, -0.2) is 23.7 Å². The normalized spacial score (nSPS) is 14.3. The summed E-state index contributed by atoms with van der Waals surface area (Å²) in [7, 11) is 1.47. The molecule has 0 heterocycles. The van der Waals surface area contributed by atoms with Crippen LogP contribution in [0.1, 0.15) is 20.8 Å². The van der Waals surface area contributed by atoms with E-state index in [1.54, 1.807) is 20.8 Å². The van der Waals surface area contributed by atoms with Crippen molar-refractivity contribution >= 4 is 21.9 Å². The van der Waals surface area contributed by atoms with E-state index >= 15 is 0 Å². The minimum atomic E-state index is -0.859. The van der Waals surface area contributed by atoms with Crippen LogP contribution in [0.5, 0.6) is 0 Å². The molecule has 0 spiro atoms. The smallest absolute Gasteiger partial charge is 0.338 e. The lowest BCUT2D eigenvalue weighted by Gasteiger charge is -2.21. The van der Waals surface area contributed by atoms with Gasteiger partial charge in [0.1, 0.15) is 0 Å². The van der Waals surface area contributed by atoms with Gasteiger partial charge in [0.15, 0.2) is 10.6 Å². The molecule has 0 saturated heterocycles. The van der Waals surface area contributed by atoms with Crippen LogP contribution >= 0.6 is 15.9 Å². The number of halogens is 1. The van der Waals surface area contributed by atoms with E-state index in [0.717, 1.165) is 0 Å². The number of methoxy groups -OCH3 is 1. The Hall–Kier alpha value is -0.0900. The number of carbonyl (C=O) groups excluding carboxylic acids is 1.